The number of anilines is 2. The smallest absolute Gasteiger partial charge is 0.280 e. The first-order chi connectivity index (χ1) is 16.1. The lowest BCUT2D eigenvalue weighted by molar-refractivity contribution is -0.395. The SMILES string of the molecule is Cc1cc(N2CCCC2)nc(N2CCN(S(=O)(=O)c3cc([N+](=O)[O-])c(C)c([N+](=O)[O-])c3)CC2)n1. The summed E-state index contributed by atoms with van der Waals surface area (Å²) in [7, 11) is -4.18. The number of nitrogens with zero attached hydrogens (tertiary/aromatic N) is 7. The molecular weight excluding hydrogens is 466 g/mol. The van der Waals surface area contributed by atoms with Crippen LogP contribution in [-0.2, 0) is 10.0 Å². The second-order valence-corrected chi connectivity index (χ2v) is 10.3. The summed E-state index contributed by atoms with van der Waals surface area (Å²) in [6.07, 6.45) is 2.23. The number of nitro benzene ring substituents is 2. The van der Waals surface area contributed by atoms with Crippen molar-refractivity contribution in [2.45, 2.75) is 31.6 Å². The van der Waals surface area contributed by atoms with Crippen LogP contribution in [0.3, 0.4) is 0 Å². The van der Waals surface area contributed by atoms with Crippen LogP contribution in [0.25, 0.3) is 0 Å². The highest BCUT2D eigenvalue weighted by Gasteiger charge is 2.34. The van der Waals surface area contributed by atoms with E-state index in [1.165, 1.54) is 11.2 Å². The fourth-order valence-electron chi connectivity index (χ4n) is 4.25. The van der Waals surface area contributed by atoms with E-state index >= 15 is 0 Å². The molecule has 2 saturated heterocycles. The average Bonchev–Trinajstić information content (AvgIpc) is 3.33. The maximum atomic E-state index is 13.2. The van der Waals surface area contributed by atoms with Gasteiger partial charge in [0.05, 0.1) is 14.7 Å². The molecule has 2 aliphatic rings. The van der Waals surface area contributed by atoms with Crippen molar-refractivity contribution >= 4 is 33.2 Å². The molecule has 1 aromatic heterocycles. The molecule has 0 N–H and O–H groups in total. The Morgan fingerprint density at radius 2 is 1.38 bits per heavy atom. The van der Waals surface area contributed by atoms with Gasteiger partial charge in [-0.3, -0.25) is 20.2 Å². The Morgan fingerprint density at radius 1 is 0.824 bits per heavy atom. The number of hydrogen-bond donors (Lipinski definition) is 0. The number of rotatable bonds is 6. The molecule has 2 aliphatic heterocycles. The van der Waals surface area contributed by atoms with Gasteiger partial charge in [0.2, 0.25) is 16.0 Å². The molecule has 2 aromatic rings. The van der Waals surface area contributed by atoms with Crippen LogP contribution in [0.4, 0.5) is 23.1 Å². The quantitative estimate of drug-likeness (QED) is 0.432. The predicted molar refractivity (Wildman–Crippen MR) is 124 cm³/mol. The van der Waals surface area contributed by atoms with E-state index in [4.69, 9.17) is 0 Å². The molecule has 0 atom stereocenters. The Balaban J connectivity index is 1.56. The zero-order valence-electron chi connectivity index (χ0n) is 18.9. The summed E-state index contributed by atoms with van der Waals surface area (Å²) in [6.45, 7) is 5.82. The van der Waals surface area contributed by atoms with Crippen molar-refractivity contribution in [2.75, 3.05) is 49.1 Å². The van der Waals surface area contributed by atoms with Gasteiger partial charge in [0.15, 0.2) is 0 Å². The molecular formula is C20H25N7O6S. The van der Waals surface area contributed by atoms with E-state index in [1.54, 1.807) is 0 Å². The van der Waals surface area contributed by atoms with Gasteiger partial charge in [-0.15, -0.1) is 0 Å². The first-order valence-electron chi connectivity index (χ1n) is 10.9. The lowest BCUT2D eigenvalue weighted by Crippen LogP contribution is -2.49. The van der Waals surface area contributed by atoms with Crippen molar-refractivity contribution in [3.63, 3.8) is 0 Å². The molecule has 0 spiro atoms. The lowest BCUT2D eigenvalue weighted by atomic mass is 10.1. The Kier molecular flexibility index (Phi) is 6.36. The predicted octanol–water partition coefficient (Wildman–Crippen LogP) is 2.02. The number of nitro groups is 2. The van der Waals surface area contributed by atoms with E-state index in [2.05, 4.69) is 14.9 Å². The molecule has 0 saturated carbocycles. The third-order valence-corrected chi connectivity index (χ3v) is 8.01. The summed E-state index contributed by atoms with van der Waals surface area (Å²) < 4.78 is 27.6. The highest BCUT2D eigenvalue weighted by Crippen LogP contribution is 2.33. The minimum atomic E-state index is -4.18. The van der Waals surface area contributed by atoms with Crippen LogP contribution in [0, 0.1) is 34.1 Å². The van der Waals surface area contributed by atoms with Crippen molar-refractivity contribution in [1.82, 2.24) is 14.3 Å². The first-order valence-corrected chi connectivity index (χ1v) is 12.3. The number of aromatic nitrogens is 2. The van der Waals surface area contributed by atoms with Gasteiger partial charge in [-0.1, -0.05) is 0 Å². The van der Waals surface area contributed by atoms with E-state index in [1.807, 2.05) is 17.9 Å². The average molecular weight is 492 g/mol. The summed E-state index contributed by atoms with van der Waals surface area (Å²) in [4.78, 5) is 33.9. The largest absolute Gasteiger partial charge is 0.356 e. The standard InChI is InChI=1S/C20H25N7O6S/c1-14-11-19(23-5-3-4-6-23)22-20(21-14)24-7-9-25(10-8-24)34(32,33)16-12-17(26(28)29)15(2)18(13-16)27(30)31/h11-13H,3-10H2,1-2H3. The molecule has 0 amide bonds. The van der Waals surface area contributed by atoms with E-state index in [9.17, 15) is 28.6 Å². The van der Waals surface area contributed by atoms with Gasteiger partial charge in [-0.2, -0.15) is 9.29 Å². The number of sulfonamides is 1. The normalized spacial score (nSPS) is 17.2. The van der Waals surface area contributed by atoms with Gasteiger partial charge in [-0.05, 0) is 26.7 Å². The van der Waals surface area contributed by atoms with Crippen LogP contribution in [0.2, 0.25) is 0 Å². The number of benzene rings is 1. The van der Waals surface area contributed by atoms with Crippen molar-refractivity contribution in [3.05, 3.63) is 49.7 Å². The first kappa shape index (κ1) is 23.8. The summed E-state index contributed by atoms with van der Waals surface area (Å²) in [5.74, 6) is 1.38. The second kappa shape index (κ2) is 9.10. The number of hydrogen-bond acceptors (Lipinski definition) is 10. The maximum Gasteiger partial charge on any atom is 0.280 e. The van der Waals surface area contributed by atoms with Gasteiger partial charge < -0.3 is 9.80 Å². The van der Waals surface area contributed by atoms with Gasteiger partial charge >= 0.3 is 0 Å². The molecule has 0 radical (unpaired) electrons. The Labute approximate surface area is 196 Å². The Morgan fingerprint density at radius 3 is 1.91 bits per heavy atom. The zero-order valence-corrected chi connectivity index (χ0v) is 19.7. The van der Waals surface area contributed by atoms with E-state index < -0.39 is 36.1 Å². The summed E-state index contributed by atoms with van der Waals surface area (Å²) in [5.41, 5.74) is -0.576. The van der Waals surface area contributed by atoms with Crippen molar-refractivity contribution in [1.29, 1.82) is 0 Å². The lowest BCUT2D eigenvalue weighted by Gasteiger charge is -2.34. The highest BCUT2D eigenvalue weighted by molar-refractivity contribution is 7.89. The van der Waals surface area contributed by atoms with E-state index in [0.29, 0.717) is 19.0 Å². The Bertz CT molecular complexity index is 1200. The monoisotopic (exact) mass is 491 g/mol. The molecule has 0 aliphatic carbocycles. The summed E-state index contributed by atoms with van der Waals surface area (Å²) >= 11 is 0. The van der Waals surface area contributed by atoms with Gasteiger partial charge in [-0.25, -0.2) is 13.4 Å². The van der Waals surface area contributed by atoms with Crippen LogP contribution < -0.4 is 9.80 Å². The third-order valence-electron chi connectivity index (χ3n) is 6.14. The van der Waals surface area contributed by atoms with E-state index in [0.717, 1.165) is 49.6 Å². The molecule has 34 heavy (non-hydrogen) atoms. The molecule has 14 heteroatoms. The van der Waals surface area contributed by atoms with Crippen LogP contribution in [-0.4, -0.2) is 71.8 Å². The summed E-state index contributed by atoms with van der Waals surface area (Å²) in [5, 5.41) is 22.7. The topological polar surface area (TPSA) is 156 Å². The minimum absolute atomic E-state index is 0.0914. The van der Waals surface area contributed by atoms with Crippen LogP contribution >= 0.6 is 0 Å². The molecule has 0 unspecified atom stereocenters. The minimum Gasteiger partial charge on any atom is -0.356 e. The molecule has 0 bridgehead atoms. The fraction of sp³-hybridized carbons (Fsp3) is 0.500. The second-order valence-electron chi connectivity index (χ2n) is 8.35. The molecule has 3 heterocycles. The van der Waals surface area contributed by atoms with Crippen LogP contribution in [0.15, 0.2) is 23.1 Å². The number of aryl methyl sites for hydroxylation is 1. The van der Waals surface area contributed by atoms with Gasteiger partial charge in [0.1, 0.15) is 11.4 Å². The van der Waals surface area contributed by atoms with Gasteiger partial charge in [0.25, 0.3) is 11.4 Å². The molecule has 13 nitrogen and oxygen atoms in total. The van der Waals surface area contributed by atoms with Crippen LogP contribution in [0.1, 0.15) is 24.1 Å². The Hall–Kier alpha value is -3.39. The van der Waals surface area contributed by atoms with Crippen molar-refractivity contribution in [3.8, 4) is 0 Å². The van der Waals surface area contributed by atoms with E-state index in [-0.39, 0.29) is 18.7 Å². The highest BCUT2D eigenvalue weighted by atomic mass is 32.2. The summed E-state index contributed by atoms with van der Waals surface area (Å²) in [6, 6.07) is 3.71. The zero-order chi connectivity index (χ0) is 24.6. The molecule has 4 rings (SSSR count). The maximum absolute atomic E-state index is 13.2. The van der Waals surface area contributed by atoms with Crippen LogP contribution in [0.5, 0.6) is 0 Å². The van der Waals surface area contributed by atoms with Crippen molar-refractivity contribution < 1.29 is 18.3 Å². The fourth-order valence-corrected chi connectivity index (χ4v) is 5.71. The van der Waals surface area contributed by atoms with Crippen molar-refractivity contribution in [2.24, 2.45) is 0 Å². The molecule has 1 aromatic carbocycles. The molecule has 182 valence electrons. The van der Waals surface area contributed by atoms with Gasteiger partial charge in [0, 0.05) is 63.2 Å². The number of piperazine rings is 1. The third kappa shape index (κ3) is 4.50. The molecule has 2 fully saturated rings.